The lowest BCUT2D eigenvalue weighted by Crippen LogP contribution is -2.68. The minimum Gasteiger partial charge on any atom is -0.497 e. The molecule has 0 N–H and O–H groups in total. The fraction of sp³-hybridized carbons (Fsp3) is 0.250. The van der Waals surface area contributed by atoms with Crippen LogP contribution in [0.25, 0.3) is 0 Å². The Morgan fingerprint density at radius 3 is 2.56 bits per heavy atom. The third kappa shape index (κ3) is 2.24. The molecule has 0 saturated carbocycles. The Morgan fingerprint density at radius 2 is 1.81 bits per heavy atom. The van der Waals surface area contributed by atoms with Crippen molar-refractivity contribution in [2.45, 2.75) is 18.5 Å². The Labute approximate surface area is 156 Å². The van der Waals surface area contributed by atoms with E-state index in [2.05, 4.69) is 0 Å². The molecule has 1 unspecified atom stereocenters. The summed E-state index contributed by atoms with van der Waals surface area (Å²) in [5.74, 6) is -0.711. The zero-order valence-corrected chi connectivity index (χ0v) is 15.0. The number of rotatable bonds is 3. The average Bonchev–Trinajstić information content (AvgIpc) is 3.06. The predicted molar refractivity (Wildman–Crippen MR) is 97.7 cm³/mol. The van der Waals surface area contributed by atoms with Gasteiger partial charge < -0.3 is 9.47 Å². The minimum atomic E-state index is -1.55. The molecule has 0 aromatic heterocycles. The SMILES string of the molecule is COC(=O)C12CCC(=O)N1c1ccccc1C(=O)N2c1cccc(OC)c1. The van der Waals surface area contributed by atoms with E-state index in [9.17, 15) is 14.4 Å². The van der Waals surface area contributed by atoms with Crippen LogP contribution in [0.2, 0.25) is 0 Å². The van der Waals surface area contributed by atoms with Crippen molar-refractivity contribution >= 4 is 29.2 Å². The van der Waals surface area contributed by atoms with Crippen LogP contribution >= 0.6 is 0 Å². The van der Waals surface area contributed by atoms with Gasteiger partial charge in [0, 0.05) is 18.9 Å². The van der Waals surface area contributed by atoms with E-state index in [0.29, 0.717) is 22.7 Å². The number of amides is 2. The van der Waals surface area contributed by atoms with E-state index in [-0.39, 0.29) is 24.7 Å². The van der Waals surface area contributed by atoms with E-state index in [0.717, 1.165) is 0 Å². The van der Waals surface area contributed by atoms with Crippen LogP contribution in [0.3, 0.4) is 0 Å². The van der Waals surface area contributed by atoms with Crippen molar-refractivity contribution in [1.82, 2.24) is 0 Å². The summed E-state index contributed by atoms with van der Waals surface area (Å²) in [7, 11) is 2.78. The standard InChI is InChI=1S/C20H18N2O5/c1-26-14-7-5-6-13(12-14)21-18(24)15-8-3-4-9-16(15)22-17(23)10-11-20(21,22)19(25)27-2/h3-9,12H,10-11H2,1-2H3. The van der Waals surface area contributed by atoms with Gasteiger partial charge in [-0.2, -0.15) is 0 Å². The zero-order valence-electron chi connectivity index (χ0n) is 15.0. The topological polar surface area (TPSA) is 76.2 Å². The van der Waals surface area contributed by atoms with Crippen LogP contribution in [0.5, 0.6) is 5.75 Å². The van der Waals surface area contributed by atoms with Crippen LogP contribution < -0.4 is 14.5 Å². The van der Waals surface area contributed by atoms with E-state index in [1.807, 2.05) is 0 Å². The Kier molecular flexibility index (Phi) is 3.87. The first kappa shape index (κ1) is 17.1. The molecule has 1 atom stereocenters. The van der Waals surface area contributed by atoms with Crippen LogP contribution in [0.1, 0.15) is 23.2 Å². The summed E-state index contributed by atoms with van der Waals surface area (Å²) >= 11 is 0. The van der Waals surface area contributed by atoms with Crippen LogP contribution in [0, 0.1) is 0 Å². The summed E-state index contributed by atoms with van der Waals surface area (Å²) < 4.78 is 10.3. The van der Waals surface area contributed by atoms with Crippen molar-refractivity contribution in [3.8, 4) is 5.75 Å². The molecule has 27 heavy (non-hydrogen) atoms. The highest BCUT2D eigenvalue weighted by atomic mass is 16.5. The third-order valence-electron chi connectivity index (χ3n) is 5.08. The molecule has 2 aromatic rings. The number of carbonyl (C=O) groups is 3. The zero-order chi connectivity index (χ0) is 19.2. The maximum Gasteiger partial charge on any atom is 0.353 e. The van der Waals surface area contributed by atoms with Crippen LogP contribution in [-0.2, 0) is 14.3 Å². The number of benzene rings is 2. The molecule has 0 bridgehead atoms. The van der Waals surface area contributed by atoms with Crippen LogP contribution in [0.4, 0.5) is 11.4 Å². The summed E-state index contributed by atoms with van der Waals surface area (Å²) in [5, 5.41) is 0. The molecule has 7 heteroatoms. The Morgan fingerprint density at radius 1 is 1.04 bits per heavy atom. The molecule has 138 valence electrons. The van der Waals surface area contributed by atoms with Crippen molar-refractivity contribution in [3.63, 3.8) is 0 Å². The lowest BCUT2D eigenvalue weighted by molar-refractivity contribution is -0.147. The molecule has 7 nitrogen and oxygen atoms in total. The summed E-state index contributed by atoms with van der Waals surface area (Å²) in [6, 6.07) is 13.6. The van der Waals surface area contributed by atoms with Gasteiger partial charge in [-0.25, -0.2) is 4.79 Å². The highest BCUT2D eigenvalue weighted by Crippen LogP contribution is 2.47. The smallest absolute Gasteiger partial charge is 0.353 e. The van der Waals surface area contributed by atoms with Crippen LogP contribution in [0.15, 0.2) is 48.5 Å². The Bertz CT molecular complexity index is 957. The molecule has 0 radical (unpaired) electrons. The third-order valence-corrected chi connectivity index (χ3v) is 5.08. The minimum absolute atomic E-state index is 0.136. The molecule has 0 aliphatic carbocycles. The van der Waals surface area contributed by atoms with Crippen molar-refractivity contribution in [1.29, 1.82) is 0 Å². The van der Waals surface area contributed by atoms with E-state index < -0.39 is 11.6 Å². The fourth-order valence-corrected chi connectivity index (χ4v) is 3.92. The second-order valence-corrected chi connectivity index (χ2v) is 6.40. The normalized spacial score (nSPS) is 21.0. The number of ether oxygens (including phenoxy) is 2. The molecule has 2 aliphatic heterocycles. The van der Waals surface area contributed by atoms with Gasteiger partial charge in [0.1, 0.15) is 5.75 Å². The highest BCUT2D eigenvalue weighted by molar-refractivity contribution is 6.22. The lowest BCUT2D eigenvalue weighted by atomic mass is 9.95. The van der Waals surface area contributed by atoms with E-state index >= 15 is 0 Å². The lowest BCUT2D eigenvalue weighted by Gasteiger charge is -2.48. The van der Waals surface area contributed by atoms with Gasteiger partial charge in [0.15, 0.2) is 0 Å². The van der Waals surface area contributed by atoms with Crippen molar-refractivity contribution in [2.24, 2.45) is 0 Å². The number of hydrogen-bond donors (Lipinski definition) is 0. The van der Waals surface area contributed by atoms with Gasteiger partial charge in [0.2, 0.25) is 11.6 Å². The number of methoxy groups -OCH3 is 2. The van der Waals surface area contributed by atoms with E-state index in [1.165, 1.54) is 24.0 Å². The number of hydrogen-bond acceptors (Lipinski definition) is 5. The first-order chi connectivity index (χ1) is 13.0. The van der Waals surface area contributed by atoms with Gasteiger partial charge >= 0.3 is 5.97 Å². The Balaban J connectivity index is 2.02. The summed E-state index contributed by atoms with van der Waals surface area (Å²) in [4.78, 5) is 41.9. The van der Waals surface area contributed by atoms with Crippen LogP contribution in [-0.4, -0.2) is 37.7 Å². The van der Waals surface area contributed by atoms with E-state index in [4.69, 9.17) is 9.47 Å². The maximum atomic E-state index is 13.4. The number of fused-ring (bicyclic) bond motifs is 3. The number of esters is 1. The summed E-state index contributed by atoms with van der Waals surface area (Å²) in [6.07, 6.45) is 0.285. The van der Waals surface area contributed by atoms with Gasteiger partial charge in [-0.05, 0) is 24.3 Å². The highest BCUT2D eigenvalue weighted by Gasteiger charge is 2.62. The molecule has 1 fully saturated rings. The molecule has 4 rings (SSSR count). The van der Waals surface area contributed by atoms with E-state index in [1.54, 1.807) is 48.5 Å². The molecule has 2 amide bonds. The molecule has 2 aromatic carbocycles. The van der Waals surface area contributed by atoms with Gasteiger partial charge in [0.05, 0.1) is 31.2 Å². The second kappa shape index (κ2) is 6.12. The van der Waals surface area contributed by atoms with Crippen molar-refractivity contribution in [3.05, 3.63) is 54.1 Å². The number of anilines is 2. The molecule has 2 aliphatic rings. The van der Waals surface area contributed by atoms with Gasteiger partial charge in [-0.1, -0.05) is 18.2 Å². The van der Waals surface area contributed by atoms with Crippen molar-refractivity contribution < 1.29 is 23.9 Å². The maximum absolute atomic E-state index is 13.4. The molecular weight excluding hydrogens is 348 g/mol. The van der Waals surface area contributed by atoms with Crippen molar-refractivity contribution in [2.75, 3.05) is 24.0 Å². The van der Waals surface area contributed by atoms with Gasteiger partial charge in [-0.3, -0.25) is 19.4 Å². The predicted octanol–water partition coefficient (Wildman–Crippen LogP) is 2.35. The molecule has 2 heterocycles. The second-order valence-electron chi connectivity index (χ2n) is 6.40. The molecule has 1 saturated heterocycles. The number of para-hydroxylation sites is 1. The molecule has 0 spiro atoms. The van der Waals surface area contributed by atoms with Gasteiger partial charge in [0.25, 0.3) is 5.91 Å². The molecular formula is C20H18N2O5. The average molecular weight is 366 g/mol. The first-order valence-electron chi connectivity index (χ1n) is 8.53. The quantitative estimate of drug-likeness (QED) is 0.780. The Hall–Kier alpha value is -3.35. The largest absolute Gasteiger partial charge is 0.497 e. The first-order valence-corrected chi connectivity index (χ1v) is 8.53. The summed E-state index contributed by atoms with van der Waals surface area (Å²) in [6.45, 7) is 0. The number of carbonyl (C=O) groups excluding carboxylic acids is 3. The van der Waals surface area contributed by atoms with Gasteiger partial charge in [-0.15, -0.1) is 0 Å². The summed E-state index contributed by atoms with van der Waals surface area (Å²) in [5.41, 5.74) is -0.313. The monoisotopic (exact) mass is 366 g/mol. The number of nitrogens with zero attached hydrogens (tertiary/aromatic N) is 2. The fourth-order valence-electron chi connectivity index (χ4n) is 3.92.